The molecule has 0 radical (unpaired) electrons. The second kappa shape index (κ2) is 4.97. The van der Waals surface area contributed by atoms with Crippen LogP contribution in [0.4, 0.5) is 5.69 Å². The maximum atomic E-state index is 10.9. The zero-order valence-corrected chi connectivity index (χ0v) is 10.1. The highest BCUT2D eigenvalue weighted by atomic mass is 35.5. The van der Waals surface area contributed by atoms with Crippen molar-refractivity contribution in [1.82, 2.24) is 9.97 Å². The third kappa shape index (κ3) is 2.38. The Hall–Kier alpha value is -2.21. The number of hydrogen-bond donors (Lipinski definition) is 0. The Morgan fingerprint density at radius 1 is 1.39 bits per heavy atom. The van der Waals surface area contributed by atoms with Gasteiger partial charge < -0.3 is 4.74 Å². The molecule has 0 aliphatic rings. The summed E-state index contributed by atoms with van der Waals surface area (Å²) in [5, 5.41) is 11.1. The predicted octanol–water partition coefficient (Wildman–Crippen LogP) is 2.71. The number of ether oxygens (including phenoxy) is 1. The largest absolute Gasteiger partial charge is 0.495 e. The van der Waals surface area contributed by atoms with Crippen LogP contribution in [0.25, 0.3) is 11.3 Å². The zero-order valence-electron chi connectivity index (χ0n) is 9.33. The third-order valence-corrected chi connectivity index (χ3v) is 2.47. The first-order valence-corrected chi connectivity index (χ1v) is 5.30. The standard InChI is InChI=1S/C11H8ClN3O3/c1-18-8-4-7(5-13-6-8)11-9(15(16)17)2-3-10(12)14-11/h2-6H,1H3. The van der Waals surface area contributed by atoms with E-state index >= 15 is 0 Å². The summed E-state index contributed by atoms with van der Waals surface area (Å²) in [6, 6.07) is 4.29. The van der Waals surface area contributed by atoms with E-state index in [4.69, 9.17) is 16.3 Å². The van der Waals surface area contributed by atoms with Crippen LogP contribution in [0.1, 0.15) is 0 Å². The number of nitro groups is 1. The van der Waals surface area contributed by atoms with Crippen molar-refractivity contribution in [1.29, 1.82) is 0 Å². The molecule has 92 valence electrons. The summed E-state index contributed by atoms with van der Waals surface area (Å²) in [5.74, 6) is 0.489. The average Bonchev–Trinajstić information content (AvgIpc) is 2.38. The van der Waals surface area contributed by atoms with E-state index in [-0.39, 0.29) is 16.5 Å². The smallest absolute Gasteiger partial charge is 0.295 e. The number of rotatable bonds is 3. The lowest BCUT2D eigenvalue weighted by Crippen LogP contribution is -1.96. The van der Waals surface area contributed by atoms with E-state index in [0.717, 1.165) is 0 Å². The molecule has 18 heavy (non-hydrogen) atoms. The molecular formula is C11H8ClN3O3. The minimum absolute atomic E-state index is 0.130. The molecule has 2 aromatic rings. The summed E-state index contributed by atoms with van der Waals surface area (Å²) in [7, 11) is 1.49. The second-order valence-electron chi connectivity index (χ2n) is 3.37. The van der Waals surface area contributed by atoms with Gasteiger partial charge in [-0.25, -0.2) is 4.98 Å². The lowest BCUT2D eigenvalue weighted by atomic mass is 10.1. The third-order valence-electron chi connectivity index (χ3n) is 2.26. The van der Waals surface area contributed by atoms with Crippen LogP contribution in [0.5, 0.6) is 5.75 Å². The zero-order chi connectivity index (χ0) is 13.1. The van der Waals surface area contributed by atoms with Gasteiger partial charge in [-0.05, 0) is 12.1 Å². The van der Waals surface area contributed by atoms with Gasteiger partial charge in [-0.15, -0.1) is 0 Å². The maximum Gasteiger partial charge on any atom is 0.295 e. The van der Waals surface area contributed by atoms with Gasteiger partial charge in [-0.2, -0.15) is 0 Å². The summed E-state index contributed by atoms with van der Waals surface area (Å²) in [6.07, 6.45) is 2.97. The SMILES string of the molecule is COc1cncc(-c2nc(Cl)ccc2[N+](=O)[O-])c1. The molecule has 0 aliphatic heterocycles. The van der Waals surface area contributed by atoms with Gasteiger partial charge in [-0.1, -0.05) is 11.6 Å². The normalized spacial score (nSPS) is 10.1. The van der Waals surface area contributed by atoms with Crippen molar-refractivity contribution in [2.75, 3.05) is 7.11 Å². The van der Waals surface area contributed by atoms with Gasteiger partial charge in [0.05, 0.1) is 18.2 Å². The average molecular weight is 266 g/mol. The maximum absolute atomic E-state index is 10.9. The number of hydrogen-bond acceptors (Lipinski definition) is 5. The van der Waals surface area contributed by atoms with Gasteiger partial charge in [0.15, 0.2) is 5.69 Å². The van der Waals surface area contributed by atoms with Crippen LogP contribution in [-0.2, 0) is 0 Å². The molecule has 0 N–H and O–H groups in total. The van der Waals surface area contributed by atoms with Crippen molar-refractivity contribution in [2.45, 2.75) is 0 Å². The molecule has 6 nitrogen and oxygen atoms in total. The predicted molar refractivity (Wildman–Crippen MR) is 65.7 cm³/mol. The Kier molecular flexibility index (Phi) is 3.38. The molecule has 0 spiro atoms. The number of aromatic nitrogens is 2. The monoisotopic (exact) mass is 265 g/mol. The molecule has 0 unspecified atom stereocenters. The van der Waals surface area contributed by atoms with Crippen LogP contribution in [0.15, 0.2) is 30.6 Å². The fraction of sp³-hybridized carbons (Fsp3) is 0.0909. The fourth-order valence-corrected chi connectivity index (χ4v) is 1.60. The van der Waals surface area contributed by atoms with Gasteiger partial charge in [0.25, 0.3) is 5.69 Å². The molecule has 0 fully saturated rings. The molecule has 0 saturated carbocycles. The summed E-state index contributed by atoms with van der Waals surface area (Å²) in [5.41, 5.74) is 0.511. The summed E-state index contributed by atoms with van der Waals surface area (Å²) in [6.45, 7) is 0. The van der Waals surface area contributed by atoms with Gasteiger partial charge in [-0.3, -0.25) is 15.1 Å². The van der Waals surface area contributed by atoms with E-state index in [1.165, 1.54) is 31.6 Å². The van der Waals surface area contributed by atoms with Crippen LogP contribution < -0.4 is 4.74 Å². The Morgan fingerprint density at radius 2 is 2.17 bits per heavy atom. The van der Waals surface area contributed by atoms with Crippen LogP contribution in [0, 0.1) is 10.1 Å². The topological polar surface area (TPSA) is 78.2 Å². The Balaban J connectivity index is 2.61. The van der Waals surface area contributed by atoms with Gasteiger partial charge >= 0.3 is 0 Å². The molecule has 0 atom stereocenters. The molecule has 7 heteroatoms. The fourth-order valence-electron chi connectivity index (χ4n) is 1.45. The van der Waals surface area contributed by atoms with E-state index in [1.54, 1.807) is 6.07 Å². The van der Waals surface area contributed by atoms with Gasteiger partial charge in [0, 0.05) is 17.8 Å². The van der Waals surface area contributed by atoms with Crippen LogP contribution >= 0.6 is 11.6 Å². The molecular weight excluding hydrogens is 258 g/mol. The lowest BCUT2D eigenvalue weighted by Gasteiger charge is -2.04. The van der Waals surface area contributed by atoms with Crippen molar-refractivity contribution in [3.05, 3.63) is 45.9 Å². The Bertz CT molecular complexity index is 604. The van der Waals surface area contributed by atoms with E-state index in [2.05, 4.69) is 9.97 Å². The molecule has 0 saturated heterocycles. The molecule has 0 aromatic carbocycles. The quantitative estimate of drug-likeness (QED) is 0.484. The van der Waals surface area contributed by atoms with Crippen molar-refractivity contribution >= 4 is 17.3 Å². The van der Waals surface area contributed by atoms with Crippen LogP contribution in [0.2, 0.25) is 5.15 Å². The highest BCUT2D eigenvalue weighted by Crippen LogP contribution is 2.30. The summed E-state index contributed by atoms with van der Waals surface area (Å²) < 4.78 is 5.01. The van der Waals surface area contributed by atoms with E-state index in [9.17, 15) is 10.1 Å². The summed E-state index contributed by atoms with van der Waals surface area (Å²) >= 11 is 5.76. The van der Waals surface area contributed by atoms with E-state index in [1.807, 2.05) is 0 Å². The molecule has 0 aliphatic carbocycles. The first-order valence-electron chi connectivity index (χ1n) is 4.92. The minimum atomic E-state index is -0.516. The van der Waals surface area contributed by atoms with Crippen molar-refractivity contribution < 1.29 is 9.66 Å². The molecule has 0 bridgehead atoms. The second-order valence-corrected chi connectivity index (χ2v) is 3.76. The highest BCUT2D eigenvalue weighted by molar-refractivity contribution is 6.29. The lowest BCUT2D eigenvalue weighted by molar-refractivity contribution is -0.384. The van der Waals surface area contributed by atoms with Crippen molar-refractivity contribution in [2.24, 2.45) is 0 Å². The van der Waals surface area contributed by atoms with Crippen LogP contribution in [0.3, 0.4) is 0 Å². The minimum Gasteiger partial charge on any atom is -0.495 e. The number of nitrogens with zero attached hydrogens (tertiary/aromatic N) is 3. The number of halogens is 1. The van der Waals surface area contributed by atoms with Crippen molar-refractivity contribution in [3.8, 4) is 17.0 Å². The van der Waals surface area contributed by atoms with Gasteiger partial charge in [0.2, 0.25) is 0 Å². The van der Waals surface area contributed by atoms with Gasteiger partial charge in [0.1, 0.15) is 10.9 Å². The first-order chi connectivity index (χ1) is 8.61. The number of pyridine rings is 2. The molecule has 0 amide bonds. The number of methoxy groups -OCH3 is 1. The van der Waals surface area contributed by atoms with Crippen molar-refractivity contribution in [3.63, 3.8) is 0 Å². The Labute approximate surface area is 107 Å². The molecule has 2 rings (SSSR count). The summed E-state index contributed by atoms with van der Waals surface area (Å²) in [4.78, 5) is 18.3. The molecule has 2 aromatic heterocycles. The molecule has 2 heterocycles. The first kappa shape index (κ1) is 12.3. The highest BCUT2D eigenvalue weighted by Gasteiger charge is 2.18. The van der Waals surface area contributed by atoms with E-state index < -0.39 is 4.92 Å². The van der Waals surface area contributed by atoms with E-state index in [0.29, 0.717) is 11.3 Å². The van der Waals surface area contributed by atoms with Crippen LogP contribution in [-0.4, -0.2) is 22.0 Å². The Morgan fingerprint density at radius 3 is 2.83 bits per heavy atom.